The van der Waals surface area contributed by atoms with E-state index in [1.165, 1.54) is 4.68 Å². The van der Waals surface area contributed by atoms with Gasteiger partial charge in [-0.2, -0.15) is 5.10 Å². The van der Waals surface area contributed by atoms with Crippen LogP contribution in [0, 0.1) is 6.92 Å². The summed E-state index contributed by atoms with van der Waals surface area (Å²) in [6.45, 7) is 1.88. The minimum atomic E-state index is -0.188. The van der Waals surface area contributed by atoms with E-state index in [9.17, 15) is 4.79 Å². The summed E-state index contributed by atoms with van der Waals surface area (Å²) in [4.78, 5) is 16.6. The number of fused-ring (bicyclic) bond motifs is 1. The maximum atomic E-state index is 12.2. The van der Waals surface area contributed by atoms with Gasteiger partial charge in [0.25, 0.3) is 0 Å². The van der Waals surface area contributed by atoms with Crippen LogP contribution >= 0.6 is 0 Å². The van der Waals surface area contributed by atoms with Crippen molar-refractivity contribution in [3.8, 4) is 11.4 Å². The summed E-state index contributed by atoms with van der Waals surface area (Å²) in [5, 5.41) is 4.02. The van der Waals surface area contributed by atoms with Crippen molar-refractivity contribution in [2.75, 3.05) is 0 Å². The van der Waals surface area contributed by atoms with Crippen molar-refractivity contribution in [3.05, 3.63) is 52.7 Å². The van der Waals surface area contributed by atoms with Crippen molar-refractivity contribution in [1.82, 2.24) is 19.2 Å². The molecule has 0 aliphatic heterocycles. The molecular formula is C13H12N4O. The molecule has 0 fully saturated rings. The Kier molecular flexibility index (Phi) is 2.26. The van der Waals surface area contributed by atoms with Gasteiger partial charge in [-0.05, 0) is 6.92 Å². The highest BCUT2D eigenvalue weighted by Gasteiger charge is 2.13. The smallest absolute Gasteiger partial charge is 0.246 e. The molecule has 3 aromatic rings. The van der Waals surface area contributed by atoms with Gasteiger partial charge in [-0.15, -0.1) is 0 Å². The molecule has 90 valence electrons. The summed E-state index contributed by atoms with van der Waals surface area (Å²) in [7, 11) is 1.63. The van der Waals surface area contributed by atoms with E-state index in [1.54, 1.807) is 17.6 Å². The highest BCUT2D eigenvalue weighted by atomic mass is 16.2. The first-order valence-electron chi connectivity index (χ1n) is 5.65. The highest BCUT2D eigenvalue weighted by Crippen LogP contribution is 2.19. The van der Waals surface area contributed by atoms with Crippen molar-refractivity contribution in [3.63, 3.8) is 0 Å². The van der Waals surface area contributed by atoms with Crippen LogP contribution in [0.3, 0.4) is 0 Å². The molecule has 0 radical (unpaired) electrons. The first kappa shape index (κ1) is 10.7. The third-order valence-corrected chi connectivity index (χ3v) is 2.95. The fourth-order valence-corrected chi connectivity index (χ4v) is 2.00. The van der Waals surface area contributed by atoms with Crippen LogP contribution in [0.4, 0.5) is 0 Å². The quantitative estimate of drug-likeness (QED) is 0.646. The molecule has 0 bridgehead atoms. The predicted octanol–water partition coefficient (Wildman–Crippen LogP) is 1.40. The van der Waals surface area contributed by atoms with Crippen molar-refractivity contribution in [1.29, 1.82) is 0 Å². The molecule has 0 unspecified atom stereocenters. The van der Waals surface area contributed by atoms with Gasteiger partial charge in [0.05, 0.1) is 17.4 Å². The SMILES string of the molecule is Cc1nc(-c2ccccc2)n2c(=O)n(C)ncc12. The predicted molar refractivity (Wildman–Crippen MR) is 68.4 cm³/mol. The average molecular weight is 240 g/mol. The van der Waals surface area contributed by atoms with Crippen LogP contribution in [0.2, 0.25) is 0 Å². The van der Waals surface area contributed by atoms with Gasteiger partial charge in [0.2, 0.25) is 0 Å². The zero-order valence-corrected chi connectivity index (χ0v) is 10.2. The zero-order chi connectivity index (χ0) is 12.7. The number of imidazole rings is 1. The number of hydrogen-bond acceptors (Lipinski definition) is 3. The Morgan fingerprint density at radius 2 is 1.89 bits per heavy atom. The molecule has 0 N–H and O–H groups in total. The second kappa shape index (κ2) is 3.80. The second-order valence-corrected chi connectivity index (χ2v) is 4.16. The molecule has 0 aliphatic carbocycles. The third kappa shape index (κ3) is 1.44. The number of benzene rings is 1. The van der Waals surface area contributed by atoms with Gasteiger partial charge in [0.15, 0.2) is 0 Å². The molecule has 5 nitrogen and oxygen atoms in total. The van der Waals surface area contributed by atoms with Crippen molar-refractivity contribution in [2.24, 2.45) is 7.05 Å². The zero-order valence-electron chi connectivity index (χ0n) is 10.2. The molecule has 2 aromatic heterocycles. The lowest BCUT2D eigenvalue weighted by atomic mass is 10.2. The summed E-state index contributed by atoms with van der Waals surface area (Å²) in [6, 6.07) is 9.67. The van der Waals surface area contributed by atoms with Crippen LogP contribution in [0.15, 0.2) is 41.3 Å². The van der Waals surface area contributed by atoms with Crippen LogP contribution in [0.5, 0.6) is 0 Å². The molecule has 2 heterocycles. The van der Waals surface area contributed by atoms with E-state index in [4.69, 9.17) is 0 Å². The second-order valence-electron chi connectivity index (χ2n) is 4.16. The number of hydrogen-bond donors (Lipinski definition) is 0. The lowest BCUT2D eigenvalue weighted by Gasteiger charge is -2.01. The van der Waals surface area contributed by atoms with E-state index in [2.05, 4.69) is 10.1 Å². The summed E-state index contributed by atoms with van der Waals surface area (Å²) >= 11 is 0. The van der Waals surface area contributed by atoms with E-state index in [0.717, 1.165) is 16.8 Å². The number of aryl methyl sites for hydroxylation is 2. The molecule has 0 spiro atoms. The molecular weight excluding hydrogens is 228 g/mol. The fourth-order valence-electron chi connectivity index (χ4n) is 2.00. The maximum absolute atomic E-state index is 12.2. The Morgan fingerprint density at radius 3 is 2.61 bits per heavy atom. The maximum Gasteiger partial charge on any atom is 0.350 e. The van der Waals surface area contributed by atoms with Crippen LogP contribution in [-0.2, 0) is 7.05 Å². The van der Waals surface area contributed by atoms with Gasteiger partial charge >= 0.3 is 5.69 Å². The number of rotatable bonds is 1. The van der Waals surface area contributed by atoms with E-state index in [1.807, 2.05) is 37.3 Å². The van der Waals surface area contributed by atoms with Crippen LogP contribution in [0.25, 0.3) is 16.9 Å². The average Bonchev–Trinajstić information content (AvgIpc) is 2.73. The first-order valence-corrected chi connectivity index (χ1v) is 5.65. The van der Waals surface area contributed by atoms with Gasteiger partial charge < -0.3 is 0 Å². The first-order chi connectivity index (χ1) is 8.68. The molecule has 0 amide bonds. The third-order valence-electron chi connectivity index (χ3n) is 2.95. The van der Waals surface area contributed by atoms with E-state index in [0.29, 0.717) is 5.82 Å². The Hall–Kier alpha value is -2.43. The van der Waals surface area contributed by atoms with Gasteiger partial charge in [0.1, 0.15) is 5.82 Å². The summed E-state index contributed by atoms with van der Waals surface area (Å²) < 4.78 is 2.90. The summed E-state index contributed by atoms with van der Waals surface area (Å²) in [5.74, 6) is 0.658. The summed E-state index contributed by atoms with van der Waals surface area (Å²) in [6.07, 6.45) is 1.66. The standard InChI is InChI=1S/C13H12N4O/c1-9-11-8-14-16(2)13(18)17(11)12(15-9)10-6-4-3-5-7-10/h3-8H,1-2H3. The lowest BCUT2D eigenvalue weighted by Crippen LogP contribution is -2.26. The largest absolute Gasteiger partial charge is 0.350 e. The number of nitrogens with zero attached hydrogens (tertiary/aromatic N) is 4. The molecule has 18 heavy (non-hydrogen) atoms. The molecule has 0 saturated heterocycles. The van der Waals surface area contributed by atoms with E-state index >= 15 is 0 Å². The minimum absolute atomic E-state index is 0.188. The monoisotopic (exact) mass is 240 g/mol. The normalized spacial score (nSPS) is 11.0. The van der Waals surface area contributed by atoms with Gasteiger partial charge in [0, 0.05) is 12.6 Å². The van der Waals surface area contributed by atoms with E-state index < -0.39 is 0 Å². The van der Waals surface area contributed by atoms with E-state index in [-0.39, 0.29) is 5.69 Å². The Labute approximate surface area is 103 Å². The molecule has 0 saturated carbocycles. The molecule has 5 heteroatoms. The van der Waals surface area contributed by atoms with Crippen LogP contribution in [0.1, 0.15) is 5.69 Å². The Balaban J connectivity index is 2.45. The molecule has 3 rings (SSSR count). The van der Waals surface area contributed by atoms with Gasteiger partial charge in [-0.1, -0.05) is 30.3 Å². The minimum Gasteiger partial charge on any atom is -0.246 e. The van der Waals surface area contributed by atoms with Crippen molar-refractivity contribution in [2.45, 2.75) is 6.92 Å². The fraction of sp³-hybridized carbons (Fsp3) is 0.154. The Morgan fingerprint density at radius 1 is 1.17 bits per heavy atom. The van der Waals surface area contributed by atoms with Gasteiger partial charge in [-0.3, -0.25) is 0 Å². The highest BCUT2D eigenvalue weighted by molar-refractivity contribution is 5.64. The number of aromatic nitrogens is 4. The van der Waals surface area contributed by atoms with Crippen LogP contribution in [-0.4, -0.2) is 19.2 Å². The Bertz CT molecular complexity index is 771. The summed E-state index contributed by atoms with van der Waals surface area (Å²) in [5.41, 5.74) is 2.28. The molecule has 1 aromatic carbocycles. The van der Waals surface area contributed by atoms with Crippen molar-refractivity contribution >= 4 is 5.52 Å². The lowest BCUT2D eigenvalue weighted by molar-refractivity contribution is 0.666. The van der Waals surface area contributed by atoms with Gasteiger partial charge in [-0.25, -0.2) is 18.9 Å². The van der Waals surface area contributed by atoms with Crippen molar-refractivity contribution < 1.29 is 0 Å². The van der Waals surface area contributed by atoms with Crippen LogP contribution < -0.4 is 5.69 Å². The molecule has 0 aliphatic rings. The molecule has 0 atom stereocenters. The topological polar surface area (TPSA) is 52.2 Å².